The zero-order chi connectivity index (χ0) is 17.1. The van der Waals surface area contributed by atoms with Gasteiger partial charge in [0.2, 0.25) is 0 Å². The van der Waals surface area contributed by atoms with E-state index >= 15 is 0 Å². The van der Waals surface area contributed by atoms with Crippen molar-refractivity contribution in [2.24, 2.45) is 0 Å². The Bertz CT molecular complexity index is 760. The maximum Gasteiger partial charge on any atom is 0.0498 e. The third-order valence-electron chi connectivity index (χ3n) is 4.34. The number of nitrogen functional groups attached to an aromatic ring is 1. The summed E-state index contributed by atoms with van der Waals surface area (Å²) in [6.07, 6.45) is 4.02. The van der Waals surface area contributed by atoms with Crippen LogP contribution in [0, 0.1) is 5.41 Å². The first-order chi connectivity index (χ1) is 11.6. The van der Waals surface area contributed by atoms with Gasteiger partial charge < -0.3 is 21.4 Å². The molecule has 0 amide bonds. The Hall–Kier alpha value is -2.34. The minimum Gasteiger partial charge on any atom is -0.398 e. The minimum absolute atomic E-state index is 0.354. The Morgan fingerprint density at radius 3 is 2.71 bits per heavy atom. The second-order valence-electron chi connectivity index (χ2n) is 6.01. The smallest absolute Gasteiger partial charge is 0.0498 e. The lowest BCUT2D eigenvalue weighted by atomic mass is 10.1. The van der Waals surface area contributed by atoms with Gasteiger partial charge in [-0.25, -0.2) is 0 Å². The van der Waals surface area contributed by atoms with Crippen LogP contribution in [0.3, 0.4) is 0 Å². The Kier molecular flexibility index (Phi) is 4.85. The van der Waals surface area contributed by atoms with Gasteiger partial charge in [-0.15, -0.1) is 0 Å². The fourth-order valence-electron chi connectivity index (χ4n) is 2.99. The molecule has 2 aromatic rings. The van der Waals surface area contributed by atoms with Crippen LogP contribution in [0.4, 0.5) is 17.1 Å². The molecule has 1 aliphatic rings. The topological polar surface area (TPSA) is 82.2 Å². The second kappa shape index (κ2) is 7.05. The molecule has 0 aliphatic carbocycles. The summed E-state index contributed by atoms with van der Waals surface area (Å²) in [5.74, 6) is 0. The molecule has 4 N–H and O–H groups in total. The summed E-state index contributed by atoms with van der Waals surface area (Å²) in [6, 6.07) is 14.0. The number of nitrogens with two attached hydrogens (primary N) is 1. The fraction of sp³-hybridized carbons (Fsp3) is 0.278. The molecule has 2 unspecified atom stereocenters. The van der Waals surface area contributed by atoms with E-state index in [4.69, 9.17) is 11.1 Å². The summed E-state index contributed by atoms with van der Waals surface area (Å²) in [4.78, 5) is 3.18. The van der Waals surface area contributed by atoms with Gasteiger partial charge in [0.25, 0.3) is 0 Å². The van der Waals surface area contributed by atoms with E-state index < -0.39 is 10.8 Å². The van der Waals surface area contributed by atoms with E-state index in [1.807, 2.05) is 42.5 Å². The molecule has 126 valence electrons. The van der Waals surface area contributed by atoms with E-state index in [2.05, 4.69) is 10.2 Å². The summed E-state index contributed by atoms with van der Waals surface area (Å²) in [5.41, 5.74) is 9.34. The highest BCUT2D eigenvalue weighted by atomic mass is 32.2. The summed E-state index contributed by atoms with van der Waals surface area (Å²) in [6.45, 7) is 1.90. The van der Waals surface area contributed by atoms with Gasteiger partial charge >= 0.3 is 0 Å². The second-order valence-corrected chi connectivity index (χ2v) is 7.39. The molecule has 0 radical (unpaired) electrons. The van der Waals surface area contributed by atoms with Crippen LogP contribution in [-0.4, -0.2) is 35.8 Å². The number of nitrogens with zero attached hydrogens (tertiary/aromatic N) is 1. The Labute approximate surface area is 144 Å². The van der Waals surface area contributed by atoms with Crippen molar-refractivity contribution in [1.29, 1.82) is 5.41 Å². The van der Waals surface area contributed by atoms with Crippen LogP contribution in [0.2, 0.25) is 0 Å². The highest BCUT2D eigenvalue weighted by Gasteiger charge is 2.22. The molecule has 6 heteroatoms. The van der Waals surface area contributed by atoms with Crippen LogP contribution < -0.4 is 16.0 Å². The highest BCUT2D eigenvalue weighted by Crippen LogP contribution is 2.24. The summed E-state index contributed by atoms with van der Waals surface area (Å²) in [7, 11) is -0.937. The van der Waals surface area contributed by atoms with Crippen molar-refractivity contribution >= 4 is 34.1 Å². The molecule has 0 saturated carbocycles. The molecule has 1 fully saturated rings. The van der Waals surface area contributed by atoms with E-state index in [-0.39, 0.29) is 0 Å². The molecule has 0 aromatic heterocycles. The Balaban J connectivity index is 1.65. The van der Waals surface area contributed by atoms with E-state index in [1.165, 1.54) is 6.21 Å². The quantitative estimate of drug-likeness (QED) is 0.576. The van der Waals surface area contributed by atoms with Gasteiger partial charge in [-0.3, -0.25) is 4.21 Å². The van der Waals surface area contributed by atoms with Crippen LogP contribution in [0.1, 0.15) is 12.0 Å². The first-order valence-corrected chi connectivity index (χ1v) is 9.47. The number of hydrogen-bond acceptors (Lipinski definition) is 5. The van der Waals surface area contributed by atoms with Gasteiger partial charge in [-0.2, -0.15) is 0 Å². The SMILES string of the molecule is CS(=O)c1ccc(N2CCC(Nc3ccc(N)c(C=N)c3)C2)cc1. The molecule has 5 nitrogen and oxygen atoms in total. The van der Waals surface area contributed by atoms with Gasteiger partial charge in [0.05, 0.1) is 0 Å². The molecule has 1 aliphatic heterocycles. The summed E-state index contributed by atoms with van der Waals surface area (Å²) >= 11 is 0. The van der Waals surface area contributed by atoms with Crippen molar-refractivity contribution < 1.29 is 4.21 Å². The number of anilines is 3. The Morgan fingerprint density at radius 1 is 1.29 bits per heavy atom. The molecule has 24 heavy (non-hydrogen) atoms. The molecular weight excluding hydrogens is 320 g/mol. The van der Waals surface area contributed by atoms with Gasteiger partial charge in [-0.1, -0.05) is 0 Å². The first-order valence-electron chi connectivity index (χ1n) is 7.92. The van der Waals surface area contributed by atoms with Crippen LogP contribution in [-0.2, 0) is 10.8 Å². The number of rotatable bonds is 5. The molecule has 0 spiro atoms. The van der Waals surface area contributed by atoms with Crippen molar-refractivity contribution in [2.75, 3.05) is 35.3 Å². The zero-order valence-corrected chi connectivity index (χ0v) is 14.5. The standard InChI is InChI=1S/C18H22N4OS/c1-24(23)17-5-3-16(4-6-17)22-9-8-15(12-22)21-14-2-7-18(20)13(10-14)11-19/h2-7,10-11,15,19,21H,8-9,12,20H2,1H3. The largest absolute Gasteiger partial charge is 0.398 e. The third kappa shape index (κ3) is 3.59. The maximum absolute atomic E-state index is 11.5. The van der Waals surface area contributed by atoms with Crippen LogP contribution in [0.15, 0.2) is 47.4 Å². The maximum atomic E-state index is 11.5. The predicted octanol–water partition coefficient (Wildman–Crippen LogP) is 2.69. The van der Waals surface area contributed by atoms with Gasteiger partial charge in [0.1, 0.15) is 0 Å². The fourth-order valence-corrected chi connectivity index (χ4v) is 3.51. The van der Waals surface area contributed by atoms with Gasteiger partial charge in [0, 0.05) is 69.9 Å². The van der Waals surface area contributed by atoms with E-state index in [9.17, 15) is 4.21 Å². The molecule has 0 bridgehead atoms. The van der Waals surface area contributed by atoms with Crippen LogP contribution >= 0.6 is 0 Å². The predicted molar refractivity (Wildman–Crippen MR) is 102 cm³/mol. The molecular formula is C18H22N4OS. The lowest BCUT2D eigenvalue weighted by Gasteiger charge is -2.20. The molecule has 1 heterocycles. The average molecular weight is 342 g/mol. The lowest BCUT2D eigenvalue weighted by Crippen LogP contribution is -2.26. The third-order valence-corrected chi connectivity index (χ3v) is 5.27. The van der Waals surface area contributed by atoms with Gasteiger partial charge in [-0.05, 0) is 48.9 Å². The summed E-state index contributed by atoms with van der Waals surface area (Å²) in [5, 5.41) is 10.9. The van der Waals surface area contributed by atoms with Crippen molar-refractivity contribution in [3.63, 3.8) is 0 Å². The first kappa shape index (κ1) is 16.5. The average Bonchev–Trinajstić information content (AvgIpc) is 3.05. The van der Waals surface area contributed by atoms with Crippen molar-refractivity contribution in [1.82, 2.24) is 0 Å². The highest BCUT2D eigenvalue weighted by molar-refractivity contribution is 7.84. The number of hydrogen-bond donors (Lipinski definition) is 3. The number of benzene rings is 2. The van der Waals surface area contributed by atoms with Gasteiger partial charge in [0.15, 0.2) is 0 Å². The normalized spacial score (nSPS) is 18.4. The van der Waals surface area contributed by atoms with Crippen LogP contribution in [0.5, 0.6) is 0 Å². The molecule has 2 aromatic carbocycles. The van der Waals surface area contributed by atoms with Crippen LogP contribution in [0.25, 0.3) is 0 Å². The summed E-state index contributed by atoms with van der Waals surface area (Å²) < 4.78 is 11.5. The van der Waals surface area contributed by atoms with Crippen molar-refractivity contribution in [2.45, 2.75) is 17.4 Å². The molecule has 3 rings (SSSR count). The van der Waals surface area contributed by atoms with Crippen molar-refractivity contribution in [3.05, 3.63) is 48.0 Å². The monoisotopic (exact) mass is 342 g/mol. The van der Waals surface area contributed by atoms with E-state index in [0.29, 0.717) is 11.7 Å². The minimum atomic E-state index is -0.937. The Morgan fingerprint density at radius 2 is 2.04 bits per heavy atom. The zero-order valence-electron chi connectivity index (χ0n) is 13.7. The number of nitrogens with one attached hydrogen (secondary N) is 2. The molecule has 2 atom stereocenters. The van der Waals surface area contributed by atoms with E-state index in [1.54, 1.807) is 6.26 Å². The molecule has 1 saturated heterocycles. The van der Waals surface area contributed by atoms with E-state index in [0.717, 1.165) is 41.3 Å². The lowest BCUT2D eigenvalue weighted by molar-refractivity contribution is 0.687. The van der Waals surface area contributed by atoms with Crippen molar-refractivity contribution in [3.8, 4) is 0 Å².